The van der Waals surface area contributed by atoms with Crippen molar-refractivity contribution < 1.29 is 9.13 Å². The van der Waals surface area contributed by atoms with Gasteiger partial charge >= 0.3 is 0 Å². The molecule has 0 heterocycles. The second-order valence-corrected chi connectivity index (χ2v) is 6.04. The molecule has 0 saturated carbocycles. The Morgan fingerprint density at radius 1 is 1.24 bits per heavy atom. The molecule has 0 bridgehead atoms. The van der Waals surface area contributed by atoms with Gasteiger partial charge in [0, 0.05) is 37.5 Å². The van der Waals surface area contributed by atoms with E-state index in [-0.39, 0.29) is 5.82 Å². The predicted octanol–water partition coefficient (Wildman–Crippen LogP) is 3.43. The van der Waals surface area contributed by atoms with Gasteiger partial charge in [-0.25, -0.2) is 4.39 Å². The van der Waals surface area contributed by atoms with Gasteiger partial charge in [-0.15, -0.1) is 0 Å². The zero-order valence-corrected chi connectivity index (χ0v) is 13.9. The molecular formula is C17H29FN2O. The average Bonchev–Trinajstić information content (AvgIpc) is 2.41. The first-order valence-corrected chi connectivity index (χ1v) is 7.71. The summed E-state index contributed by atoms with van der Waals surface area (Å²) in [6.07, 6.45) is 0. The number of halogens is 1. The molecule has 0 aliphatic rings. The molecule has 0 aliphatic heterocycles. The molecule has 0 atom stereocenters. The number of rotatable bonds is 9. The third-order valence-corrected chi connectivity index (χ3v) is 3.42. The smallest absolute Gasteiger partial charge is 0.129 e. The topological polar surface area (TPSA) is 24.5 Å². The number of hydrogen-bond donors (Lipinski definition) is 1. The summed E-state index contributed by atoms with van der Waals surface area (Å²) in [6, 6.07) is 5.60. The summed E-state index contributed by atoms with van der Waals surface area (Å²) in [6.45, 7) is 11.4. The van der Waals surface area contributed by atoms with Crippen molar-refractivity contribution in [3.63, 3.8) is 0 Å². The largest absolute Gasteiger partial charge is 0.383 e. The molecule has 0 aromatic heterocycles. The summed E-state index contributed by atoms with van der Waals surface area (Å²) in [7, 11) is 1.69. The first-order valence-electron chi connectivity index (χ1n) is 7.71. The molecule has 120 valence electrons. The molecule has 1 aromatic carbocycles. The Morgan fingerprint density at radius 2 is 1.95 bits per heavy atom. The van der Waals surface area contributed by atoms with Gasteiger partial charge in [0.2, 0.25) is 0 Å². The highest BCUT2D eigenvalue weighted by Crippen LogP contribution is 2.25. The van der Waals surface area contributed by atoms with Crippen LogP contribution in [0.25, 0.3) is 0 Å². The molecule has 0 aliphatic carbocycles. The third kappa shape index (κ3) is 5.64. The number of methoxy groups -OCH3 is 1. The van der Waals surface area contributed by atoms with E-state index in [9.17, 15) is 4.39 Å². The Bertz CT molecular complexity index is 421. The van der Waals surface area contributed by atoms with Crippen LogP contribution < -0.4 is 10.2 Å². The van der Waals surface area contributed by atoms with Crippen LogP contribution in [0.15, 0.2) is 18.2 Å². The van der Waals surface area contributed by atoms with E-state index < -0.39 is 0 Å². The number of nitrogens with zero attached hydrogens (tertiary/aromatic N) is 1. The number of anilines is 1. The molecule has 4 heteroatoms. The normalized spacial score (nSPS) is 11.4. The molecular weight excluding hydrogens is 267 g/mol. The molecule has 0 radical (unpaired) electrons. The first-order chi connectivity index (χ1) is 9.97. The minimum absolute atomic E-state index is 0.146. The number of nitrogens with one attached hydrogen (secondary N) is 1. The maximum Gasteiger partial charge on any atom is 0.129 e. The van der Waals surface area contributed by atoms with Crippen LogP contribution in [-0.2, 0) is 11.3 Å². The lowest BCUT2D eigenvalue weighted by Crippen LogP contribution is -2.35. The Balaban J connectivity index is 2.95. The zero-order chi connectivity index (χ0) is 15.8. The fourth-order valence-corrected chi connectivity index (χ4v) is 2.32. The van der Waals surface area contributed by atoms with Crippen molar-refractivity contribution in [3.05, 3.63) is 29.6 Å². The van der Waals surface area contributed by atoms with Gasteiger partial charge < -0.3 is 15.0 Å². The van der Waals surface area contributed by atoms with E-state index >= 15 is 0 Å². The molecule has 3 nitrogen and oxygen atoms in total. The van der Waals surface area contributed by atoms with E-state index in [4.69, 9.17) is 4.74 Å². The molecule has 1 aromatic rings. The third-order valence-electron chi connectivity index (χ3n) is 3.42. The minimum Gasteiger partial charge on any atom is -0.383 e. The molecule has 0 unspecified atom stereocenters. The van der Waals surface area contributed by atoms with E-state index in [1.807, 2.05) is 6.07 Å². The highest BCUT2D eigenvalue weighted by Gasteiger charge is 2.17. The minimum atomic E-state index is -0.146. The van der Waals surface area contributed by atoms with Gasteiger partial charge in [-0.05, 0) is 38.4 Å². The van der Waals surface area contributed by atoms with Crippen molar-refractivity contribution in [2.45, 2.75) is 40.3 Å². The Hall–Kier alpha value is -1.13. The molecule has 0 spiro atoms. The highest BCUT2D eigenvalue weighted by atomic mass is 19.1. The lowest BCUT2D eigenvalue weighted by atomic mass is 10.1. The molecule has 1 N–H and O–H groups in total. The summed E-state index contributed by atoms with van der Waals surface area (Å²) in [5.74, 6) is 0.404. The van der Waals surface area contributed by atoms with Gasteiger partial charge in [0.1, 0.15) is 5.82 Å². The summed E-state index contributed by atoms with van der Waals surface area (Å²) in [5.41, 5.74) is 1.70. The lowest BCUT2D eigenvalue weighted by molar-refractivity contribution is 0.203. The number of ether oxygens (including phenoxy) is 1. The Morgan fingerprint density at radius 3 is 2.52 bits per heavy atom. The van der Waals surface area contributed by atoms with Crippen LogP contribution in [0.5, 0.6) is 0 Å². The van der Waals surface area contributed by atoms with Crippen molar-refractivity contribution in [2.24, 2.45) is 5.92 Å². The van der Waals surface area contributed by atoms with Crippen LogP contribution in [0.1, 0.15) is 33.3 Å². The van der Waals surface area contributed by atoms with Crippen LogP contribution in [0.3, 0.4) is 0 Å². The van der Waals surface area contributed by atoms with Gasteiger partial charge in [-0.3, -0.25) is 0 Å². The van der Waals surface area contributed by atoms with Crippen LogP contribution in [0.2, 0.25) is 0 Å². The number of hydrogen-bond acceptors (Lipinski definition) is 3. The van der Waals surface area contributed by atoms with Gasteiger partial charge in [0.05, 0.1) is 6.61 Å². The van der Waals surface area contributed by atoms with Crippen molar-refractivity contribution in [1.29, 1.82) is 0 Å². The van der Waals surface area contributed by atoms with Gasteiger partial charge in [0.15, 0.2) is 0 Å². The van der Waals surface area contributed by atoms with Crippen molar-refractivity contribution in [1.82, 2.24) is 5.32 Å². The van der Waals surface area contributed by atoms with Crippen LogP contribution in [-0.4, -0.2) is 32.8 Å². The molecule has 0 fully saturated rings. The number of benzene rings is 1. The van der Waals surface area contributed by atoms with E-state index in [0.717, 1.165) is 24.3 Å². The highest BCUT2D eigenvalue weighted by molar-refractivity contribution is 5.55. The molecule has 0 amide bonds. The standard InChI is InChI=1S/C17H29FN2O/c1-13(2)11-19-12-15-16(18)7-6-8-17(15)20(14(3)4)9-10-21-5/h6-8,13-14,19H,9-12H2,1-5H3. The van der Waals surface area contributed by atoms with Crippen LogP contribution in [0, 0.1) is 11.7 Å². The van der Waals surface area contributed by atoms with E-state index in [1.165, 1.54) is 6.07 Å². The van der Waals surface area contributed by atoms with Crippen LogP contribution >= 0.6 is 0 Å². The zero-order valence-electron chi connectivity index (χ0n) is 13.9. The van der Waals surface area contributed by atoms with Crippen molar-refractivity contribution in [2.75, 3.05) is 31.7 Å². The molecule has 21 heavy (non-hydrogen) atoms. The van der Waals surface area contributed by atoms with Gasteiger partial charge in [-0.1, -0.05) is 19.9 Å². The predicted molar refractivity (Wildman–Crippen MR) is 87.3 cm³/mol. The fourth-order valence-electron chi connectivity index (χ4n) is 2.32. The maximum absolute atomic E-state index is 14.2. The maximum atomic E-state index is 14.2. The monoisotopic (exact) mass is 296 g/mol. The van der Waals surface area contributed by atoms with Crippen LogP contribution in [0.4, 0.5) is 10.1 Å². The second-order valence-electron chi connectivity index (χ2n) is 6.04. The summed E-state index contributed by atoms with van der Waals surface area (Å²) >= 11 is 0. The second kappa shape index (κ2) is 9.00. The van der Waals surface area contributed by atoms with Gasteiger partial charge in [0.25, 0.3) is 0 Å². The first kappa shape index (κ1) is 17.9. The fraction of sp³-hybridized carbons (Fsp3) is 0.647. The molecule has 0 saturated heterocycles. The SMILES string of the molecule is COCCN(c1cccc(F)c1CNCC(C)C)C(C)C. The summed E-state index contributed by atoms with van der Waals surface area (Å²) < 4.78 is 19.4. The van der Waals surface area contributed by atoms with Crippen molar-refractivity contribution in [3.8, 4) is 0 Å². The Kier molecular flexibility index (Phi) is 7.68. The summed E-state index contributed by atoms with van der Waals surface area (Å²) in [5, 5.41) is 3.33. The van der Waals surface area contributed by atoms with Gasteiger partial charge in [-0.2, -0.15) is 0 Å². The van der Waals surface area contributed by atoms with E-state index in [2.05, 4.69) is 37.9 Å². The average molecular weight is 296 g/mol. The molecule has 1 rings (SSSR count). The van der Waals surface area contributed by atoms with Crippen molar-refractivity contribution >= 4 is 5.69 Å². The van der Waals surface area contributed by atoms with E-state index in [1.54, 1.807) is 13.2 Å². The summed E-state index contributed by atoms with van der Waals surface area (Å²) in [4.78, 5) is 2.19. The van der Waals surface area contributed by atoms with E-state index in [0.29, 0.717) is 25.1 Å². The lowest BCUT2D eigenvalue weighted by Gasteiger charge is -2.31. The Labute approximate surface area is 128 Å². The quantitative estimate of drug-likeness (QED) is 0.755.